The second-order valence-corrected chi connectivity index (χ2v) is 5.35. The summed E-state index contributed by atoms with van der Waals surface area (Å²) in [6.45, 7) is 3.92. The van der Waals surface area contributed by atoms with Crippen molar-refractivity contribution in [2.75, 3.05) is 13.2 Å². The van der Waals surface area contributed by atoms with Gasteiger partial charge in [0.15, 0.2) is 6.61 Å². The SMILES string of the molecule is CCCNC(=O)[C@@H](C)NC(=O)COc1cc(Cl)cc(Cl)c1. The Morgan fingerprint density at radius 2 is 1.86 bits per heavy atom. The summed E-state index contributed by atoms with van der Waals surface area (Å²) in [7, 11) is 0. The predicted molar refractivity (Wildman–Crippen MR) is 82.9 cm³/mol. The van der Waals surface area contributed by atoms with Gasteiger partial charge in [-0.25, -0.2) is 0 Å². The Hall–Kier alpha value is -1.46. The number of hydrogen-bond donors (Lipinski definition) is 2. The highest BCUT2D eigenvalue weighted by Crippen LogP contribution is 2.23. The van der Waals surface area contributed by atoms with Gasteiger partial charge in [0.05, 0.1) is 0 Å². The molecule has 1 aromatic carbocycles. The normalized spacial score (nSPS) is 11.6. The average Bonchev–Trinajstić information content (AvgIpc) is 2.41. The van der Waals surface area contributed by atoms with Gasteiger partial charge in [-0.2, -0.15) is 0 Å². The van der Waals surface area contributed by atoms with Crippen LogP contribution >= 0.6 is 23.2 Å². The Bertz CT molecular complexity index is 489. The Morgan fingerprint density at radius 1 is 1.24 bits per heavy atom. The topological polar surface area (TPSA) is 67.4 Å². The van der Waals surface area contributed by atoms with E-state index < -0.39 is 11.9 Å². The molecule has 0 saturated carbocycles. The van der Waals surface area contributed by atoms with Crippen LogP contribution in [0.15, 0.2) is 18.2 Å². The molecule has 0 radical (unpaired) electrons. The molecule has 0 unspecified atom stereocenters. The van der Waals surface area contributed by atoms with E-state index >= 15 is 0 Å². The maximum absolute atomic E-state index is 11.7. The molecule has 2 N–H and O–H groups in total. The zero-order chi connectivity index (χ0) is 15.8. The van der Waals surface area contributed by atoms with Gasteiger partial charge >= 0.3 is 0 Å². The van der Waals surface area contributed by atoms with Crippen molar-refractivity contribution in [3.63, 3.8) is 0 Å². The summed E-state index contributed by atoms with van der Waals surface area (Å²) in [6.07, 6.45) is 0.838. The molecule has 0 spiro atoms. The number of hydrogen-bond acceptors (Lipinski definition) is 3. The summed E-state index contributed by atoms with van der Waals surface area (Å²) in [5.74, 6) is -0.230. The Kier molecular flexibility index (Phi) is 7.32. The number of halogens is 2. The molecule has 116 valence electrons. The van der Waals surface area contributed by atoms with E-state index in [2.05, 4.69) is 10.6 Å². The molecule has 0 aliphatic rings. The number of carbonyl (C=O) groups excluding carboxylic acids is 2. The molecule has 5 nitrogen and oxygen atoms in total. The van der Waals surface area contributed by atoms with E-state index in [1.54, 1.807) is 25.1 Å². The summed E-state index contributed by atoms with van der Waals surface area (Å²) in [5, 5.41) is 6.09. The summed E-state index contributed by atoms with van der Waals surface area (Å²) in [4.78, 5) is 23.3. The van der Waals surface area contributed by atoms with Crippen molar-refractivity contribution in [3.8, 4) is 5.75 Å². The third-order valence-corrected chi connectivity index (χ3v) is 2.96. The first kappa shape index (κ1) is 17.6. The molecule has 0 heterocycles. The van der Waals surface area contributed by atoms with E-state index in [0.29, 0.717) is 22.3 Å². The quantitative estimate of drug-likeness (QED) is 0.805. The van der Waals surface area contributed by atoms with Crippen LogP contribution in [0.25, 0.3) is 0 Å². The lowest BCUT2D eigenvalue weighted by atomic mass is 10.3. The van der Waals surface area contributed by atoms with Gasteiger partial charge in [-0.1, -0.05) is 30.1 Å². The van der Waals surface area contributed by atoms with Crippen molar-refractivity contribution in [2.24, 2.45) is 0 Å². The maximum atomic E-state index is 11.7. The van der Waals surface area contributed by atoms with Crippen LogP contribution in [-0.2, 0) is 9.59 Å². The van der Waals surface area contributed by atoms with Crippen LogP contribution in [0, 0.1) is 0 Å². The Balaban J connectivity index is 2.41. The summed E-state index contributed by atoms with van der Waals surface area (Å²) >= 11 is 11.6. The number of ether oxygens (including phenoxy) is 1. The summed E-state index contributed by atoms with van der Waals surface area (Å²) in [6, 6.07) is 4.06. The number of nitrogens with one attached hydrogen (secondary N) is 2. The molecular weight excluding hydrogens is 315 g/mol. The highest BCUT2D eigenvalue weighted by atomic mass is 35.5. The second kappa shape index (κ2) is 8.74. The zero-order valence-corrected chi connectivity index (χ0v) is 13.4. The molecule has 0 aliphatic carbocycles. The fourth-order valence-corrected chi connectivity index (χ4v) is 2.02. The van der Waals surface area contributed by atoms with E-state index in [0.717, 1.165) is 6.42 Å². The molecule has 0 aromatic heterocycles. The van der Waals surface area contributed by atoms with Gasteiger partial charge in [0.1, 0.15) is 11.8 Å². The Labute approximate surface area is 133 Å². The Morgan fingerprint density at radius 3 is 2.43 bits per heavy atom. The van der Waals surface area contributed by atoms with Crippen molar-refractivity contribution in [2.45, 2.75) is 26.3 Å². The zero-order valence-electron chi connectivity index (χ0n) is 11.9. The van der Waals surface area contributed by atoms with Crippen LogP contribution in [0.1, 0.15) is 20.3 Å². The standard InChI is InChI=1S/C14H18Cl2N2O3/c1-3-4-17-14(20)9(2)18-13(19)8-21-12-6-10(15)5-11(16)7-12/h5-7,9H,3-4,8H2,1-2H3,(H,17,20)(H,18,19)/t9-/m1/s1. The molecule has 1 atom stereocenters. The molecular formula is C14H18Cl2N2O3. The predicted octanol–water partition coefficient (Wildman–Crippen LogP) is 2.40. The average molecular weight is 333 g/mol. The molecule has 7 heteroatoms. The van der Waals surface area contributed by atoms with Crippen molar-refractivity contribution >= 4 is 35.0 Å². The van der Waals surface area contributed by atoms with Crippen molar-refractivity contribution in [3.05, 3.63) is 28.2 Å². The molecule has 0 bridgehead atoms. The van der Waals surface area contributed by atoms with Crippen molar-refractivity contribution < 1.29 is 14.3 Å². The van der Waals surface area contributed by atoms with E-state index in [1.165, 1.54) is 0 Å². The summed E-state index contributed by atoms with van der Waals surface area (Å²) < 4.78 is 5.28. The van der Waals surface area contributed by atoms with E-state index in [-0.39, 0.29) is 12.5 Å². The van der Waals surface area contributed by atoms with Gasteiger partial charge in [0, 0.05) is 16.6 Å². The largest absolute Gasteiger partial charge is 0.484 e. The lowest BCUT2D eigenvalue weighted by molar-refractivity contribution is -0.129. The van der Waals surface area contributed by atoms with Crippen LogP contribution in [0.2, 0.25) is 10.0 Å². The third-order valence-electron chi connectivity index (χ3n) is 2.53. The minimum absolute atomic E-state index is 0.220. The number of benzene rings is 1. The first-order valence-corrected chi connectivity index (χ1v) is 7.34. The fourth-order valence-electron chi connectivity index (χ4n) is 1.51. The first-order valence-electron chi connectivity index (χ1n) is 6.58. The monoisotopic (exact) mass is 332 g/mol. The smallest absolute Gasteiger partial charge is 0.258 e. The molecule has 1 aromatic rings. The van der Waals surface area contributed by atoms with Crippen LogP contribution < -0.4 is 15.4 Å². The number of amides is 2. The molecule has 1 rings (SSSR count). The van der Waals surface area contributed by atoms with Gasteiger partial charge in [0.2, 0.25) is 5.91 Å². The van der Waals surface area contributed by atoms with Gasteiger partial charge in [-0.3, -0.25) is 9.59 Å². The molecule has 0 fully saturated rings. The second-order valence-electron chi connectivity index (χ2n) is 4.47. The fraction of sp³-hybridized carbons (Fsp3) is 0.429. The minimum Gasteiger partial charge on any atom is -0.484 e. The minimum atomic E-state index is -0.615. The van der Waals surface area contributed by atoms with Crippen LogP contribution in [-0.4, -0.2) is 31.0 Å². The van der Waals surface area contributed by atoms with E-state index in [4.69, 9.17) is 27.9 Å². The van der Waals surface area contributed by atoms with Crippen LogP contribution in [0.3, 0.4) is 0 Å². The lowest BCUT2D eigenvalue weighted by Crippen LogP contribution is -2.46. The van der Waals surface area contributed by atoms with Crippen LogP contribution in [0.5, 0.6) is 5.75 Å². The summed E-state index contributed by atoms with van der Waals surface area (Å²) in [5.41, 5.74) is 0. The number of carbonyl (C=O) groups is 2. The van der Waals surface area contributed by atoms with E-state index in [9.17, 15) is 9.59 Å². The third kappa shape index (κ3) is 6.69. The lowest BCUT2D eigenvalue weighted by Gasteiger charge is -2.14. The highest BCUT2D eigenvalue weighted by Gasteiger charge is 2.15. The molecule has 0 aliphatic heterocycles. The highest BCUT2D eigenvalue weighted by molar-refractivity contribution is 6.34. The van der Waals surface area contributed by atoms with Gasteiger partial charge in [-0.05, 0) is 31.5 Å². The molecule has 21 heavy (non-hydrogen) atoms. The van der Waals surface area contributed by atoms with Crippen molar-refractivity contribution in [1.82, 2.24) is 10.6 Å². The van der Waals surface area contributed by atoms with Gasteiger partial charge < -0.3 is 15.4 Å². The molecule has 2 amide bonds. The number of rotatable bonds is 7. The van der Waals surface area contributed by atoms with Crippen molar-refractivity contribution in [1.29, 1.82) is 0 Å². The van der Waals surface area contributed by atoms with Gasteiger partial charge in [-0.15, -0.1) is 0 Å². The first-order chi connectivity index (χ1) is 9.92. The van der Waals surface area contributed by atoms with Crippen LogP contribution in [0.4, 0.5) is 0 Å². The maximum Gasteiger partial charge on any atom is 0.258 e. The van der Waals surface area contributed by atoms with E-state index in [1.807, 2.05) is 6.92 Å². The van der Waals surface area contributed by atoms with Gasteiger partial charge in [0.25, 0.3) is 5.91 Å². The molecule has 0 saturated heterocycles.